The van der Waals surface area contributed by atoms with Crippen LogP contribution in [0.15, 0.2) is 66.9 Å². The van der Waals surface area contributed by atoms with E-state index in [-0.39, 0.29) is 19.1 Å². The maximum absolute atomic E-state index is 12.2. The van der Waals surface area contributed by atoms with Crippen LogP contribution in [0.1, 0.15) is 34.4 Å². The van der Waals surface area contributed by atoms with Crippen molar-refractivity contribution in [2.75, 3.05) is 13.2 Å². The zero-order valence-electron chi connectivity index (χ0n) is 16.7. The zero-order chi connectivity index (χ0) is 21.1. The molecule has 1 amide bonds. The van der Waals surface area contributed by atoms with Gasteiger partial charge in [0.05, 0.1) is 5.69 Å². The van der Waals surface area contributed by atoms with Crippen LogP contribution in [0.5, 0.6) is 0 Å². The molecule has 6 heteroatoms. The van der Waals surface area contributed by atoms with Gasteiger partial charge < -0.3 is 20.3 Å². The number of ether oxygens (including phenoxy) is 1. The van der Waals surface area contributed by atoms with Crippen molar-refractivity contribution in [3.8, 4) is 11.1 Å². The van der Waals surface area contributed by atoms with Crippen molar-refractivity contribution in [3.63, 3.8) is 0 Å². The lowest BCUT2D eigenvalue weighted by Crippen LogP contribution is -2.36. The van der Waals surface area contributed by atoms with Crippen LogP contribution >= 0.6 is 0 Å². The summed E-state index contributed by atoms with van der Waals surface area (Å²) in [5, 5.41) is 22.9. The largest absolute Gasteiger partial charge is 0.449 e. The van der Waals surface area contributed by atoms with Crippen LogP contribution in [0, 0.1) is 6.92 Å². The minimum Gasteiger partial charge on any atom is -0.449 e. The van der Waals surface area contributed by atoms with Crippen LogP contribution in [-0.2, 0) is 4.74 Å². The van der Waals surface area contributed by atoms with E-state index in [0.717, 1.165) is 27.8 Å². The van der Waals surface area contributed by atoms with Crippen LogP contribution in [0.25, 0.3) is 11.1 Å². The first kappa shape index (κ1) is 20.1. The fourth-order valence-corrected chi connectivity index (χ4v) is 3.80. The predicted molar refractivity (Wildman–Crippen MR) is 113 cm³/mol. The number of fused-ring (bicyclic) bond motifs is 3. The summed E-state index contributed by atoms with van der Waals surface area (Å²) in [6.45, 7) is 1.93. The van der Waals surface area contributed by atoms with Crippen LogP contribution in [0.4, 0.5) is 4.79 Å². The molecule has 0 saturated carbocycles. The van der Waals surface area contributed by atoms with E-state index in [1.165, 1.54) is 0 Å². The van der Waals surface area contributed by atoms with Crippen molar-refractivity contribution in [2.45, 2.75) is 25.0 Å². The van der Waals surface area contributed by atoms with Crippen molar-refractivity contribution >= 4 is 6.09 Å². The molecule has 4 rings (SSSR count). The van der Waals surface area contributed by atoms with Crippen LogP contribution in [0.2, 0.25) is 0 Å². The van der Waals surface area contributed by atoms with Gasteiger partial charge in [0.15, 0.2) is 0 Å². The second kappa shape index (κ2) is 8.65. The minimum absolute atomic E-state index is 0.0320. The molecule has 0 aliphatic heterocycles. The molecule has 30 heavy (non-hydrogen) atoms. The highest BCUT2D eigenvalue weighted by Gasteiger charge is 2.29. The molecule has 6 nitrogen and oxygen atoms in total. The van der Waals surface area contributed by atoms with E-state index in [1.54, 1.807) is 18.3 Å². The van der Waals surface area contributed by atoms with E-state index in [0.29, 0.717) is 5.69 Å². The Kier molecular flexibility index (Phi) is 5.79. The van der Waals surface area contributed by atoms with Gasteiger partial charge in [0.1, 0.15) is 18.8 Å². The number of alkyl carbamates (subject to hydrolysis) is 1. The number of amides is 1. The number of pyridine rings is 1. The Morgan fingerprint density at radius 2 is 1.67 bits per heavy atom. The number of carbonyl (C=O) groups is 1. The number of aliphatic hydroxyl groups excluding tert-OH is 2. The molecule has 0 bridgehead atoms. The third-order valence-electron chi connectivity index (χ3n) is 5.40. The third kappa shape index (κ3) is 4.06. The Balaban J connectivity index is 1.33. The maximum Gasteiger partial charge on any atom is 0.407 e. The summed E-state index contributed by atoms with van der Waals surface area (Å²) in [6, 6.07) is 19.7. The molecule has 1 aromatic heterocycles. The number of rotatable bonds is 6. The molecular formula is C24H24N2O4. The van der Waals surface area contributed by atoms with Gasteiger partial charge in [0.2, 0.25) is 0 Å². The average Bonchev–Trinajstić information content (AvgIpc) is 3.10. The highest BCUT2D eigenvalue weighted by atomic mass is 16.5. The molecule has 0 radical (unpaired) electrons. The van der Waals surface area contributed by atoms with E-state index in [1.807, 2.05) is 31.2 Å². The van der Waals surface area contributed by atoms with Crippen molar-refractivity contribution in [3.05, 3.63) is 89.2 Å². The highest BCUT2D eigenvalue weighted by Crippen LogP contribution is 2.44. The van der Waals surface area contributed by atoms with Crippen LogP contribution < -0.4 is 5.32 Å². The number of hydrogen-bond donors (Lipinski definition) is 3. The summed E-state index contributed by atoms with van der Waals surface area (Å²) in [5.41, 5.74) is 5.89. The predicted octanol–water partition coefficient (Wildman–Crippen LogP) is 3.32. The SMILES string of the molecule is Cc1ccc(C(O)C(O)CNC(=O)OCC2c3ccccc3-c3ccccc32)nc1. The maximum atomic E-state index is 12.2. The molecular weight excluding hydrogens is 380 g/mol. The summed E-state index contributed by atoms with van der Waals surface area (Å²) in [5.74, 6) is -0.0320. The lowest BCUT2D eigenvalue weighted by Gasteiger charge is -2.19. The Labute approximate surface area is 175 Å². The number of aryl methyl sites for hydroxylation is 1. The average molecular weight is 404 g/mol. The van der Waals surface area contributed by atoms with Gasteiger partial charge >= 0.3 is 6.09 Å². The lowest BCUT2D eigenvalue weighted by atomic mass is 9.98. The molecule has 3 aromatic rings. The highest BCUT2D eigenvalue weighted by molar-refractivity contribution is 5.79. The first-order valence-corrected chi connectivity index (χ1v) is 9.92. The van der Waals surface area contributed by atoms with Crippen LogP contribution in [-0.4, -0.2) is 40.5 Å². The van der Waals surface area contributed by atoms with Crippen molar-refractivity contribution in [1.82, 2.24) is 10.3 Å². The Bertz CT molecular complexity index is 990. The molecule has 1 heterocycles. The van der Waals surface area contributed by atoms with Gasteiger partial charge in [0.25, 0.3) is 0 Å². The smallest absolute Gasteiger partial charge is 0.407 e. The fourth-order valence-electron chi connectivity index (χ4n) is 3.80. The first-order valence-electron chi connectivity index (χ1n) is 9.92. The zero-order valence-corrected chi connectivity index (χ0v) is 16.7. The van der Waals surface area contributed by atoms with Crippen LogP contribution in [0.3, 0.4) is 0 Å². The summed E-state index contributed by atoms with van der Waals surface area (Å²) < 4.78 is 5.43. The van der Waals surface area contributed by atoms with E-state index in [4.69, 9.17) is 4.74 Å². The van der Waals surface area contributed by atoms with Gasteiger partial charge in [-0.1, -0.05) is 54.6 Å². The number of aliphatic hydroxyl groups is 2. The fraction of sp³-hybridized carbons (Fsp3) is 0.250. The Hall–Kier alpha value is -3.22. The second-order valence-electron chi connectivity index (χ2n) is 7.48. The molecule has 2 atom stereocenters. The number of benzene rings is 2. The lowest BCUT2D eigenvalue weighted by molar-refractivity contribution is 0.0160. The number of carbonyl (C=O) groups excluding carboxylic acids is 1. The molecule has 0 spiro atoms. The molecule has 0 saturated heterocycles. The first-order chi connectivity index (χ1) is 14.5. The van der Waals surface area contributed by atoms with Gasteiger partial charge in [0, 0.05) is 18.7 Å². The van der Waals surface area contributed by atoms with Crippen molar-refractivity contribution in [2.24, 2.45) is 0 Å². The molecule has 1 aliphatic carbocycles. The molecule has 1 aliphatic rings. The number of hydrogen-bond acceptors (Lipinski definition) is 5. The van der Waals surface area contributed by atoms with Crippen molar-refractivity contribution in [1.29, 1.82) is 0 Å². The van der Waals surface area contributed by atoms with Gasteiger partial charge in [-0.05, 0) is 40.8 Å². The summed E-state index contributed by atoms with van der Waals surface area (Å²) in [4.78, 5) is 16.3. The summed E-state index contributed by atoms with van der Waals surface area (Å²) in [6.07, 6.45) is -1.41. The molecule has 154 valence electrons. The summed E-state index contributed by atoms with van der Waals surface area (Å²) >= 11 is 0. The number of nitrogens with zero attached hydrogens (tertiary/aromatic N) is 1. The van der Waals surface area contributed by atoms with Crippen molar-refractivity contribution < 1.29 is 19.7 Å². The normalized spacial score (nSPS) is 14.5. The van der Waals surface area contributed by atoms with E-state index >= 15 is 0 Å². The van der Waals surface area contributed by atoms with Gasteiger partial charge in [-0.25, -0.2) is 4.79 Å². The molecule has 2 unspecified atom stereocenters. The van der Waals surface area contributed by atoms with Gasteiger partial charge in [-0.15, -0.1) is 0 Å². The number of nitrogens with one attached hydrogen (secondary N) is 1. The molecule has 3 N–H and O–H groups in total. The number of aromatic nitrogens is 1. The Morgan fingerprint density at radius 3 is 2.27 bits per heavy atom. The Morgan fingerprint density at radius 1 is 1.03 bits per heavy atom. The van der Waals surface area contributed by atoms with E-state index < -0.39 is 18.3 Å². The second-order valence-corrected chi connectivity index (χ2v) is 7.48. The topological polar surface area (TPSA) is 91.7 Å². The third-order valence-corrected chi connectivity index (χ3v) is 5.40. The minimum atomic E-state index is -1.19. The standard InChI is InChI=1S/C24H24N2O4/c1-15-10-11-21(25-12-15)23(28)22(27)13-26-24(29)30-14-20-18-8-4-2-6-16(18)17-7-3-5-9-19(17)20/h2-12,20,22-23,27-28H,13-14H2,1H3,(H,26,29). The summed E-state index contributed by atoms with van der Waals surface area (Å²) in [7, 11) is 0. The van der Waals surface area contributed by atoms with Gasteiger partial charge in [-0.3, -0.25) is 4.98 Å². The molecule has 2 aromatic carbocycles. The van der Waals surface area contributed by atoms with E-state index in [2.05, 4.69) is 34.6 Å². The van der Waals surface area contributed by atoms with Gasteiger partial charge in [-0.2, -0.15) is 0 Å². The quantitative estimate of drug-likeness (QED) is 0.586. The molecule has 0 fully saturated rings. The van der Waals surface area contributed by atoms with E-state index in [9.17, 15) is 15.0 Å². The monoisotopic (exact) mass is 404 g/mol.